The predicted octanol–water partition coefficient (Wildman–Crippen LogP) is 1.85. The summed E-state index contributed by atoms with van der Waals surface area (Å²) in [6, 6.07) is 0. The fraction of sp³-hybridized carbons (Fsp3) is 0.765. The summed E-state index contributed by atoms with van der Waals surface area (Å²) in [5.41, 5.74) is 1.08. The zero-order chi connectivity index (χ0) is 15.6. The van der Waals surface area contributed by atoms with Gasteiger partial charge in [0.15, 0.2) is 0 Å². The maximum Gasteiger partial charge on any atom is 0.309 e. The largest absolute Gasteiger partial charge is 0.462 e. The minimum absolute atomic E-state index is 0.0751. The molecule has 5 heteroatoms. The third-order valence-corrected chi connectivity index (χ3v) is 6.07. The highest BCUT2D eigenvalue weighted by atomic mass is 16.6. The van der Waals surface area contributed by atoms with Gasteiger partial charge in [-0.15, -0.1) is 0 Å². The molecule has 2 heterocycles. The highest BCUT2D eigenvalue weighted by Crippen LogP contribution is 2.58. The maximum atomic E-state index is 12.1. The van der Waals surface area contributed by atoms with E-state index in [4.69, 9.17) is 14.2 Å². The molecule has 4 aliphatic rings. The highest BCUT2D eigenvalue weighted by Gasteiger charge is 2.65. The Balaban J connectivity index is 1.75. The molecule has 0 bridgehead atoms. The molecule has 120 valence electrons. The third kappa shape index (κ3) is 1.87. The number of hydrogen-bond acceptors (Lipinski definition) is 5. The standard InChI is InChI=1S/C17H22O5/c1-8-4-5-11-13(8)15-14(9(2)16(19)22-15)12(21-10(3)18)6-17(11)7-20-17/h4,9,11-15H,5-7H2,1-3H3/t9-,11+,12-,13-,14+,15-,17+/m0/s1. The van der Waals surface area contributed by atoms with Crippen LogP contribution in [0.25, 0.3) is 0 Å². The number of ether oxygens (including phenoxy) is 3. The van der Waals surface area contributed by atoms with E-state index in [0.717, 1.165) is 13.0 Å². The van der Waals surface area contributed by atoms with Gasteiger partial charge in [-0.3, -0.25) is 9.59 Å². The molecule has 0 unspecified atom stereocenters. The van der Waals surface area contributed by atoms with Gasteiger partial charge in [0.05, 0.1) is 18.1 Å². The highest BCUT2D eigenvalue weighted by molar-refractivity contribution is 5.75. The van der Waals surface area contributed by atoms with E-state index in [1.165, 1.54) is 12.5 Å². The van der Waals surface area contributed by atoms with Crippen molar-refractivity contribution in [1.82, 2.24) is 0 Å². The average molecular weight is 306 g/mol. The lowest BCUT2D eigenvalue weighted by Crippen LogP contribution is -2.37. The molecule has 5 nitrogen and oxygen atoms in total. The molecule has 1 spiro atoms. The summed E-state index contributed by atoms with van der Waals surface area (Å²) >= 11 is 0. The Morgan fingerprint density at radius 1 is 1.45 bits per heavy atom. The Labute approximate surface area is 130 Å². The van der Waals surface area contributed by atoms with Gasteiger partial charge in [0, 0.05) is 31.1 Å². The molecule has 22 heavy (non-hydrogen) atoms. The molecule has 0 aromatic rings. The first-order valence-corrected chi connectivity index (χ1v) is 8.11. The van der Waals surface area contributed by atoms with Crippen molar-refractivity contribution in [3.63, 3.8) is 0 Å². The van der Waals surface area contributed by atoms with Crippen molar-refractivity contribution in [3.05, 3.63) is 11.6 Å². The maximum absolute atomic E-state index is 12.1. The second kappa shape index (κ2) is 4.57. The number of epoxide rings is 1. The normalized spacial score (nSPS) is 49.0. The molecule has 1 saturated carbocycles. The first kappa shape index (κ1) is 14.2. The van der Waals surface area contributed by atoms with E-state index in [1.54, 1.807) is 0 Å². The zero-order valence-corrected chi connectivity index (χ0v) is 13.2. The van der Waals surface area contributed by atoms with Crippen LogP contribution in [0.3, 0.4) is 0 Å². The van der Waals surface area contributed by atoms with Crippen molar-refractivity contribution >= 4 is 11.9 Å². The van der Waals surface area contributed by atoms with E-state index >= 15 is 0 Å². The summed E-state index contributed by atoms with van der Waals surface area (Å²) < 4.78 is 17.2. The van der Waals surface area contributed by atoms with Gasteiger partial charge in [-0.25, -0.2) is 0 Å². The van der Waals surface area contributed by atoms with Crippen molar-refractivity contribution in [3.8, 4) is 0 Å². The smallest absolute Gasteiger partial charge is 0.309 e. The lowest BCUT2D eigenvalue weighted by Gasteiger charge is -2.29. The van der Waals surface area contributed by atoms with Crippen LogP contribution in [0, 0.1) is 23.7 Å². The number of carbonyl (C=O) groups is 2. The summed E-state index contributed by atoms with van der Waals surface area (Å²) in [7, 11) is 0. The average Bonchev–Trinajstić information content (AvgIpc) is 3.04. The van der Waals surface area contributed by atoms with E-state index < -0.39 is 0 Å². The van der Waals surface area contributed by atoms with Crippen molar-refractivity contribution < 1.29 is 23.8 Å². The number of rotatable bonds is 1. The molecular formula is C17H22O5. The van der Waals surface area contributed by atoms with Crippen LogP contribution in [0.2, 0.25) is 0 Å². The Morgan fingerprint density at radius 3 is 2.82 bits per heavy atom. The van der Waals surface area contributed by atoms with Gasteiger partial charge >= 0.3 is 11.9 Å². The van der Waals surface area contributed by atoms with Crippen molar-refractivity contribution in [2.75, 3.05) is 6.61 Å². The van der Waals surface area contributed by atoms with Crippen LogP contribution in [0.5, 0.6) is 0 Å². The second-order valence-corrected chi connectivity index (χ2v) is 7.29. The fourth-order valence-electron chi connectivity index (χ4n) is 4.94. The quantitative estimate of drug-likeness (QED) is 0.420. The first-order valence-electron chi connectivity index (χ1n) is 8.11. The molecule has 0 aromatic carbocycles. The van der Waals surface area contributed by atoms with Crippen molar-refractivity contribution in [2.24, 2.45) is 23.7 Å². The fourth-order valence-corrected chi connectivity index (χ4v) is 4.94. The minimum Gasteiger partial charge on any atom is -0.462 e. The summed E-state index contributed by atoms with van der Waals surface area (Å²) in [5.74, 6) is -0.254. The zero-order valence-electron chi connectivity index (χ0n) is 13.2. The Morgan fingerprint density at radius 2 is 2.18 bits per heavy atom. The van der Waals surface area contributed by atoms with Crippen molar-refractivity contribution in [1.29, 1.82) is 0 Å². The molecule has 0 radical (unpaired) electrons. The predicted molar refractivity (Wildman–Crippen MR) is 76.7 cm³/mol. The topological polar surface area (TPSA) is 65.1 Å². The van der Waals surface area contributed by atoms with Crippen LogP contribution in [-0.4, -0.2) is 36.4 Å². The van der Waals surface area contributed by atoms with E-state index in [-0.39, 0.29) is 47.5 Å². The second-order valence-electron chi connectivity index (χ2n) is 7.29. The summed E-state index contributed by atoms with van der Waals surface area (Å²) in [4.78, 5) is 23.7. The van der Waals surface area contributed by atoms with Gasteiger partial charge in [-0.05, 0) is 13.3 Å². The molecule has 0 aromatic heterocycles. The van der Waals surface area contributed by atoms with Crippen LogP contribution < -0.4 is 0 Å². The molecule has 0 amide bonds. The number of fused-ring (bicyclic) bond motifs is 4. The molecule has 0 N–H and O–H groups in total. The van der Waals surface area contributed by atoms with Gasteiger partial charge in [0.25, 0.3) is 0 Å². The number of hydrogen-bond donors (Lipinski definition) is 0. The SMILES string of the molecule is CC(=O)O[C@H]1C[C@@]2(CO2)[C@@H]2CC=C(C)[C@@H]2[C@@H]2OC(=O)[C@@H](C)[C@@H]21. The van der Waals surface area contributed by atoms with Crippen molar-refractivity contribution in [2.45, 2.75) is 51.4 Å². The Bertz CT molecular complexity index is 561. The van der Waals surface area contributed by atoms with Gasteiger partial charge in [0.2, 0.25) is 0 Å². The lowest BCUT2D eigenvalue weighted by atomic mass is 9.77. The van der Waals surface area contributed by atoms with Crippen LogP contribution in [0.1, 0.15) is 33.6 Å². The van der Waals surface area contributed by atoms with E-state index in [1.807, 2.05) is 6.92 Å². The van der Waals surface area contributed by atoms with E-state index in [0.29, 0.717) is 12.3 Å². The van der Waals surface area contributed by atoms with Crippen LogP contribution >= 0.6 is 0 Å². The lowest BCUT2D eigenvalue weighted by molar-refractivity contribution is -0.151. The van der Waals surface area contributed by atoms with Crippen LogP contribution in [0.4, 0.5) is 0 Å². The molecule has 4 rings (SSSR count). The summed E-state index contributed by atoms with van der Waals surface area (Å²) in [5, 5.41) is 0. The molecule has 7 atom stereocenters. The third-order valence-electron chi connectivity index (χ3n) is 6.07. The summed E-state index contributed by atoms with van der Waals surface area (Å²) in [6.45, 7) is 6.14. The molecule has 2 aliphatic heterocycles. The molecule has 2 aliphatic carbocycles. The number of esters is 2. The van der Waals surface area contributed by atoms with E-state index in [9.17, 15) is 9.59 Å². The van der Waals surface area contributed by atoms with Crippen LogP contribution in [-0.2, 0) is 23.8 Å². The molecule has 2 saturated heterocycles. The number of allylic oxidation sites excluding steroid dienone is 1. The van der Waals surface area contributed by atoms with E-state index in [2.05, 4.69) is 13.0 Å². The Hall–Kier alpha value is -1.36. The van der Waals surface area contributed by atoms with Gasteiger partial charge in [-0.1, -0.05) is 18.6 Å². The molecule has 3 fully saturated rings. The van der Waals surface area contributed by atoms with Gasteiger partial charge < -0.3 is 14.2 Å². The van der Waals surface area contributed by atoms with Gasteiger partial charge in [-0.2, -0.15) is 0 Å². The summed E-state index contributed by atoms with van der Waals surface area (Å²) in [6.07, 6.45) is 3.39. The Kier molecular flexibility index (Phi) is 2.96. The van der Waals surface area contributed by atoms with Crippen LogP contribution in [0.15, 0.2) is 11.6 Å². The van der Waals surface area contributed by atoms with Gasteiger partial charge in [0.1, 0.15) is 12.2 Å². The monoisotopic (exact) mass is 306 g/mol. The minimum atomic E-state index is -0.301. The number of carbonyl (C=O) groups excluding carboxylic acids is 2. The molecular weight excluding hydrogens is 284 g/mol. The first-order chi connectivity index (χ1) is 10.4.